The van der Waals surface area contributed by atoms with Gasteiger partial charge in [0.15, 0.2) is 0 Å². The summed E-state index contributed by atoms with van der Waals surface area (Å²) >= 11 is 9.68. The van der Waals surface area contributed by atoms with Crippen molar-refractivity contribution in [3.05, 3.63) is 45.5 Å². The average Bonchev–Trinajstić information content (AvgIpc) is 2.37. The van der Waals surface area contributed by atoms with Crippen LogP contribution in [0.4, 0.5) is 17.2 Å². The van der Waals surface area contributed by atoms with Crippen molar-refractivity contribution in [3.63, 3.8) is 0 Å². The van der Waals surface area contributed by atoms with Gasteiger partial charge in [0, 0.05) is 34.0 Å². The van der Waals surface area contributed by atoms with Crippen LogP contribution in [0.3, 0.4) is 0 Å². The van der Waals surface area contributed by atoms with Gasteiger partial charge in [-0.3, -0.25) is 0 Å². The van der Waals surface area contributed by atoms with Crippen LogP contribution in [-0.2, 0) is 0 Å². The van der Waals surface area contributed by atoms with Crippen molar-refractivity contribution < 1.29 is 0 Å². The summed E-state index contributed by atoms with van der Waals surface area (Å²) in [7, 11) is 0. The number of anilines is 3. The highest BCUT2D eigenvalue weighted by Crippen LogP contribution is 2.31. The van der Waals surface area contributed by atoms with E-state index in [1.807, 2.05) is 38.1 Å². The number of nitrogens with one attached hydrogen (secondary N) is 2. The minimum Gasteiger partial charge on any atom is -0.370 e. The summed E-state index contributed by atoms with van der Waals surface area (Å²) in [5.74, 6) is 0.849. The molecule has 3 nitrogen and oxygen atoms in total. The van der Waals surface area contributed by atoms with Crippen molar-refractivity contribution in [1.29, 1.82) is 0 Å². The number of hydrogen-bond acceptors (Lipinski definition) is 3. The lowest BCUT2D eigenvalue weighted by Gasteiger charge is -2.11. The Bertz CT molecular complexity index is 587. The quantitative estimate of drug-likeness (QED) is 0.824. The van der Waals surface area contributed by atoms with Crippen LogP contribution >= 0.6 is 27.5 Å². The molecule has 0 unspecified atom stereocenters. The molecular formula is C14H15BrClN3. The molecule has 0 amide bonds. The molecule has 2 N–H and O–H groups in total. The van der Waals surface area contributed by atoms with Crippen LogP contribution in [0.25, 0.3) is 0 Å². The predicted molar refractivity (Wildman–Crippen MR) is 85.6 cm³/mol. The van der Waals surface area contributed by atoms with E-state index in [9.17, 15) is 0 Å². The predicted octanol–water partition coefficient (Wildman–Crippen LogP) is 4.98. The number of nitrogens with zero attached hydrogens (tertiary/aromatic N) is 1. The fourth-order valence-corrected chi connectivity index (χ4v) is 2.40. The molecule has 0 bridgehead atoms. The molecule has 2 rings (SSSR count). The van der Waals surface area contributed by atoms with Gasteiger partial charge in [0.2, 0.25) is 0 Å². The standard InChI is InChI=1S/C14H15BrClN3/c1-3-17-14-7-10(4-5-18-14)19-13-8-12(16)9(2)6-11(13)15/h4-8H,3H2,1-2H3,(H2,17,18,19). The van der Waals surface area contributed by atoms with Gasteiger partial charge in [-0.1, -0.05) is 11.6 Å². The molecule has 0 aliphatic rings. The van der Waals surface area contributed by atoms with E-state index in [0.29, 0.717) is 0 Å². The van der Waals surface area contributed by atoms with E-state index >= 15 is 0 Å². The first kappa shape index (κ1) is 14.2. The Morgan fingerprint density at radius 1 is 1.32 bits per heavy atom. The molecule has 2 aromatic rings. The summed E-state index contributed by atoms with van der Waals surface area (Å²) in [5.41, 5.74) is 2.94. The maximum atomic E-state index is 6.15. The zero-order valence-electron chi connectivity index (χ0n) is 10.8. The summed E-state index contributed by atoms with van der Waals surface area (Å²) in [6, 6.07) is 7.79. The highest BCUT2D eigenvalue weighted by atomic mass is 79.9. The van der Waals surface area contributed by atoms with E-state index in [1.54, 1.807) is 6.20 Å². The zero-order chi connectivity index (χ0) is 13.8. The summed E-state index contributed by atoms with van der Waals surface area (Å²) in [4.78, 5) is 4.24. The third-order valence-corrected chi connectivity index (χ3v) is 3.71. The molecular weight excluding hydrogens is 326 g/mol. The van der Waals surface area contributed by atoms with Crippen LogP contribution in [0.2, 0.25) is 5.02 Å². The molecule has 0 spiro atoms. The summed E-state index contributed by atoms with van der Waals surface area (Å²) < 4.78 is 0.983. The van der Waals surface area contributed by atoms with E-state index < -0.39 is 0 Å². The van der Waals surface area contributed by atoms with Gasteiger partial charge < -0.3 is 10.6 Å². The van der Waals surface area contributed by atoms with E-state index in [4.69, 9.17) is 11.6 Å². The summed E-state index contributed by atoms with van der Waals surface area (Å²) in [6.45, 7) is 4.86. The highest BCUT2D eigenvalue weighted by Gasteiger charge is 2.05. The van der Waals surface area contributed by atoms with Gasteiger partial charge in [0.05, 0.1) is 5.69 Å². The molecule has 1 aromatic heterocycles. The number of benzene rings is 1. The van der Waals surface area contributed by atoms with Crippen molar-refractivity contribution in [2.75, 3.05) is 17.2 Å². The van der Waals surface area contributed by atoms with Crippen LogP contribution in [0, 0.1) is 6.92 Å². The summed E-state index contributed by atoms with van der Waals surface area (Å²) in [6.07, 6.45) is 1.77. The van der Waals surface area contributed by atoms with E-state index in [1.165, 1.54) is 0 Å². The Morgan fingerprint density at radius 3 is 2.84 bits per heavy atom. The molecule has 19 heavy (non-hydrogen) atoms. The third-order valence-electron chi connectivity index (χ3n) is 2.65. The minimum atomic E-state index is 0.742. The van der Waals surface area contributed by atoms with Crippen molar-refractivity contribution in [3.8, 4) is 0 Å². The van der Waals surface area contributed by atoms with Crippen LogP contribution in [0.15, 0.2) is 34.9 Å². The molecule has 5 heteroatoms. The Balaban J connectivity index is 2.25. The smallest absolute Gasteiger partial charge is 0.127 e. The molecule has 0 radical (unpaired) electrons. The van der Waals surface area contributed by atoms with Gasteiger partial charge in [-0.2, -0.15) is 0 Å². The van der Waals surface area contributed by atoms with E-state index in [0.717, 1.165) is 38.8 Å². The number of halogens is 2. The van der Waals surface area contributed by atoms with Gasteiger partial charge in [0.1, 0.15) is 5.82 Å². The van der Waals surface area contributed by atoms with Gasteiger partial charge in [0.25, 0.3) is 0 Å². The lowest BCUT2D eigenvalue weighted by atomic mass is 10.2. The minimum absolute atomic E-state index is 0.742. The van der Waals surface area contributed by atoms with Crippen LogP contribution in [-0.4, -0.2) is 11.5 Å². The van der Waals surface area contributed by atoms with E-state index in [2.05, 4.69) is 31.5 Å². The number of aryl methyl sites for hydroxylation is 1. The first-order chi connectivity index (χ1) is 9.10. The fraction of sp³-hybridized carbons (Fsp3) is 0.214. The Hall–Kier alpha value is -1.26. The average molecular weight is 341 g/mol. The molecule has 0 aliphatic carbocycles. The molecule has 0 saturated heterocycles. The third kappa shape index (κ3) is 3.61. The van der Waals surface area contributed by atoms with Gasteiger partial charge >= 0.3 is 0 Å². The van der Waals surface area contributed by atoms with E-state index in [-0.39, 0.29) is 0 Å². The lowest BCUT2D eigenvalue weighted by Crippen LogP contribution is -2.00. The topological polar surface area (TPSA) is 37.0 Å². The van der Waals surface area contributed by atoms with Crippen molar-refractivity contribution in [2.45, 2.75) is 13.8 Å². The monoisotopic (exact) mass is 339 g/mol. The maximum Gasteiger partial charge on any atom is 0.127 e. The summed E-state index contributed by atoms with van der Waals surface area (Å²) in [5, 5.41) is 7.25. The maximum absolute atomic E-state index is 6.15. The SMILES string of the molecule is CCNc1cc(Nc2cc(Cl)c(C)cc2Br)ccn1. The molecule has 1 aromatic carbocycles. The molecule has 0 fully saturated rings. The van der Waals surface area contributed by atoms with Crippen molar-refractivity contribution >= 4 is 44.7 Å². The zero-order valence-corrected chi connectivity index (χ0v) is 13.1. The molecule has 100 valence electrons. The number of rotatable bonds is 4. The van der Waals surface area contributed by atoms with Gasteiger partial charge in [-0.15, -0.1) is 0 Å². The number of hydrogen-bond donors (Lipinski definition) is 2. The van der Waals surface area contributed by atoms with Crippen molar-refractivity contribution in [1.82, 2.24) is 4.98 Å². The molecule has 0 saturated carbocycles. The van der Waals surface area contributed by atoms with Crippen molar-refractivity contribution in [2.24, 2.45) is 0 Å². The second kappa shape index (κ2) is 6.26. The Labute approximate surface area is 126 Å². The molecule has 0 aliphatic heterocycles. The Kier molecular flexibility index (Phi) is 4.66. The second-order valence-electron chi connectivity index (χ2n) is 4.17. The first-order valence-corrected chi connectivity index (χ1v) is 7.20. The molecule has 0 atom stereocenters. The van der Waals surface area contributed by atoms with Crippen LogP contribution in [0.5, 0.6) is 0 Å². The number of pyridine rings is 1. The fourth-order valence-electron chi connectivity index (χ4n) is 1.68. The number of aromatic nitrogens is 1. The van der Waals surface area contributed by atoms with Crippen LogP contribution in [0.1, 0.15) is 12.5 Å². The normalized spacial score (nSPS) is 10.3. The second-order valence-corrected chi connectivity index (χ2v) is 5.43. The molecule has 1 heterocycles. The van der Waals surface area contributed by atoms with Gasteiger partial charge in [-0.05, 0) is 53.5 Å². The van der Waals surface area contributed by atoms with Crippen LogP contribution < -0.4 is 10.6 Å². The lowest BCUT2D eigenvalue weighted by molar-refractivity contribution is 1.16. The highest BCUT2D eigenvalue weighted by molar-refractivity contribution is 9.10. The largest absolute Gasteiger partial charge is 0.370 e. The van der Waals surface area contributed by atoms with Gasteiger partial charge in [-0.25, -0.2) is 4.98 Å². The first-order valence-electron chi connectivity index (χ1n) is 6.02. The Morgan fingerprint density at radius 2 is 2.11 bits per heavy atom.